The molecule has 9 rings (SSSR count). The molecule has 2 spiro atoms. The zero-order chi connectivity index (χ0) is 19.6. The van der Waals surface area contributed by atoms with Crippen LogP contribution < -0.4 is 0 Å². The maximum Gasteiger partial charge on any atom is 0.302 e. The van der Waals surface area contributed by atoms with E-state index < -0.39 is 29.1 Å². The zero-order valence-corrected chi connectivity index (χ0v) is 16.5. The number of hydrogen-bond donors (Lipinski definition) is 3. The molecule has 9 aliphatic rings. The minimum atomic E-state index is -1.20. The van der Waals surface area contributed by atoms with Crippen molar-refractivity contribution in [2.24, 2.45) is 34.0 Å². The van der Waals surface area contributed by atoms with E-state index in [0.717, 1.165) is 25.0 Å². The first-order valence-corrected chi connectivity index (χ1v) is 10.8. The SMILES string of the molecule is C=C1C[C@]23C[C@H]4[C@@H]5[C@@]6(C)C[C@H](OC(C)=O)C[C@@]57[C@@H](N4C6)[C@@]2(O)[C@@H](O)[C@H]1[C@@H](O)[C@@H]73. The Bertz CT molecular complexity index is 860. The number of ether oxygens (including phenoxy) is 1. The van der Waals surface area contributed by atoms with Gasteiger partial charge in [0.05, 0.1) is 12.2 Å². The lowest BCUT2D eigenvalue weighted by Crippen LogP contribution is -2.76. The van der Waals surface area contributed by atoms with Gasteiger partial charge in [-0.3, -0.25) is 9.69 Å². The molecule has 0 aromatic carbocycles. The van der Waals surface area contributed by atoms with Crippen molar-refractivity contribution in [1.82, 2.24) is 4.90 Å². The van der Waals surface area contributed by atoms with Gasteiger partial charge in [0.2, 0.25) is 0 Å². The Balaban J connectivity index is 1.49. The van der Waals surface area contributed by atoms with Gasteiger partial charge in [-0.15, -0.1) is 0 Å². The van der Waals surface area contributed by atoms with Crippen LogP contribution in [0.2, 0.25) is 0 Å². The fraction of sp³-hybridized carbons (Fsp3) is 0.864. The molecular formula is C22H29NO5. The van der Waals surface area contributed by atoms with Crippen LogP contribution in [0.15, 0.2) is 12.2 Å². The van der Waals surface area contributed by atoms with Crippen molar-refractivity contribution in [2.75, 3.05) is 6.54 Å². The minimum absolute atomic E-state index is 0.0237. The fourth-order valence-corrected chi connectivity index (χ4v) is 11.0. The summed E-state index contributed by atoms with van der Waals surface area (Å²) in [5.41, 5.74) is -1.07. The molecule has 28 heavy (non-hydrogen) atoms. The molecule has 6 aliphatic carbocycles. The van der Waals surface area contributed by atoms with Gasteiger partial charge < -0.3 is 20.1 Å². The fourth-order valence-electron chi connectivity index (χ4n) is 11.0. The highest BCUT2D eigenvalue weighted by Crippen LogP contribution is 2.88. The van der Waals surface area contributed by atoms with Crippen LogP contribution >= 0.6 is 0 Å². The molecule has 0 radical (unpaired) electrons. The average molecular weight is 387 g/mol. The van der Waals surface area contributed by atoms with Gasteiger partial charge in [0, 0.05) is 48.2 Å². The number of piperidine rings is 2. The second-order valence-corrected chi connectivity index (χ2v) is 11.5. The predicted molar refractivity (Wildman–Crippen MR) is 97.9 cm³/mol. The second-order valence-electron chi connectivity index (χ2n) is 11.5. The molecule has 3 aliphatic heterocycles. The number of carbonyl (C=O) groups is 1. The van der Waals surface area contributed by atoms with Crippen molar-refractivity contribution >= 4 is 5.97 Å². The molecule has 3 saturated heterocycles. The summed E-state index contributed by atoms with van der Waals surface area (Å²) < 4.78 is 5.75. The van der Waals surface area contributed by atoms with E-state index >= 15 is 0 Å². The Labute approximate surface area is 164 Å². The third kappa shape index (κ3) is 1.26. The first-order chi connectivity index (χ1) is 13.1. The smallest absolute Gasteiger partial charge is 0.302 e. The van der Waals surface area contributed by atoms with Crippen molar-refractivity contribution in [1.29, 1.82) is 0 Å². The highest BCUT2D eigenvalue weighted by Gasteiger charge is 2.94. The van der Waals surface area contributed by atoms with Gasteiger partial charge in [0.1, 0.15) is 11.7 Å². The van der Waals surface area contributed by atoms with Crippen LogP contribution in [0.4, 0.5) is 0 Å². The van der Waals surface area contributed by atoms with Gasteiger partial charge in [-0.1, -0.05) is 19.1 Å². The van der Waals surface area contributed by atoms with Crippen LogP contribution in [0.3, 0.4) is 0 Å². The van der Waals surface area contributed by atoms with E-state index in [9.17, 15) is 20.1 Å². The van der Waals surface area contributed by atoms with Gasteiger partial charge in [-0.25, -0.2) is 0 Å². The van der Waals surface area contributed by atoms with E-state index in [2.05, 4.69) is 18.4 Å². The molecule has 3 heterocycles. The Kier molecular flexibility index (Phi) is 2.55. The number of aliphatic hydroxyl groups excluding tert-OH is 2. The largest absolute Gasteiger partial charge is 0.463 e. The molecule has 0 aromatic heterocycles. The number of hydrogen-bond acceptors (Lipinski definition) is 6. The number of carbonyl (C=O) groups excluding carboxylic acids is 1. The summed E-state index contributed by atoms with van der Waals surface area (Å²) >= 11 is 0. The molecule has 9 bridgehead atoms. The number of esters is 1. The summed E-state index contributed by atoms with van der Waals surface area (Å²) in [5, 5.41) is 35.1. The molecule has 6 nitrogen and oxygen atoms in total. The minimum Gasteiger partial charge on any atom is -0.463 e. The van der Waals surface area contributed by atoms with E-state index in [4.69, 9.17) is 4.74 Å². The molecule has 152 valence electrons. The lowest BCUT2D eigenvalue weighted by molar-refractivity contribution is -0.280. The lowest BCUT2D eigenvalue weighted by atomic mass is 9.39. The van der Waals surface area contributed by atoms with Gasteiger partial charge in [0.25, 0.3) is 0 Å². The number of rotatable bonds is 1. The highest BCUT2D eigenvalue weighted by molar-refractivity contribution is 5.66. The zero-order valence-electron chi connectivity index (χ0n) is 16.5. The Morgan fingerprint density at radius 2 is 2.00 bits per heavy atom. The van der Waals surface area contributed by atoms with Crippen molar-refractivity contribution in [2.45, 2.75) is 75.5 Å². The Hall–Kier alpha value is -0.950. The molecule has 13 atom stereocenters. The third-order valence-electron chi connectivity index (χ3n) is 10.6. The van der Waals surface area contributed by atoms with Gasteiger partial charge in [-0.2, -0.15) is 0 Å². The number of aliphatic hydroxyl groups is 3. The summed E-state index contributed by atoms with van der Waals surface area (Å²) in [6.07, 6.45) is 1.27. The molecule has 0 aromatic rings. The summed E-state index contributed by atoms with van der Waals surface area (Å²) in [4.78, 5) is 14.3. The van der Waals surface area contributed by atoms with Crippen LogP contribution in [-0.4, -0.2) is 68.7 Å². The molecular weight excluding hydrogens is 358 g/mol. The van der Waals surface area contributed by atoms with Crippen molar-refractivity contribution < 1.29 is 24.9 Å². The topological polar surface area (TPSA) is 90.2 Å². The normalized spacial score (nSPS) is 69.3. The summed E-state index contributed by atoms with van der Waals surface area (Å²) in [6, 6.07) is 0.245. The monoisotopic (exact) mass is 387 g/mol. The molecule has 6 heteroatoms. The van der Waals surface area contributed by atoms with E-state index in [1.165, 1.54) is 6.92 Å². The molecule has 3 N–H and O–H groups in total. The standard InChI is InChI=1S/C22H29NO5/c1-9-4-20-7-12-15-19(3)5-11(28-10(2)24)6-21(15)16(20)14(25)13(9)17(26)22(20,27)18(21)23(12)8-19/h11-18,25-27H,1,4-8H2,2-3H3/t11-,12-,13+,14+,15+,16+,17-,18+,19-,20+,21+,22-/m0/s1. The first-order valence-electron chi connectivity index (χ1n) is 10.8. The van der Waals surface area contributed by atoms with E-state index in [1.54, 1.807) is 0 Å². The van der Waals surface area contributed by atoms with Crippen LogP contribution in [0.1, 0.15) is 39.5 Å². The predicted octanol–water partition coefficient (Wildman–Crippen LogP) is 0.450. The third-order valence-corrected chi connectivity index (χ3v) is 10.6. The van der Waals surface area contributed by atoms with Gasteiger partial charge in [0.15, 0.2) is 0 Å². The summed E-state index contributed by atoms with van der Waals surface area (Å²) in [6.45, 7) is 8.85. The Morgan fingerprint density at radius 3 is 2.71 bits per heavy atom. The molecule has 6 saturated carbocycles. The summed E-state index contributed by atoms with van der Waals surface area (Å²) in [5.74, 6) is -0.379. The van der Waals surface area contributed by atoms with Crippen molar-refractivity contribution in [3.05, 3.63) is 12.2 Å². The van der Waals surface area contributed by atoms with Crippen molar-refractivity contribution in [3.63, 3.8) is 0 Å². The number of nitrogens with zero attached hydrogens (tertiary/aromatic N) is 1. The lowest BCUT2D eigenvalue weighted by Gasteiger charge is -2.67. The summed E-state index contributed by atoms with van der Waals surface area (Å²) in [7, 11) is 0. The maximum absolute atomic E-state index is 12.2. The quantitative estimate of drug-likeness (QED) is 0.447. The van der Waals surface area contributed by atoms with Gasteiger partial charge in [-0.05, 0) is 37.0 Å². The molecule has 1 unspecified atom stereocenters. The van der Waals surface area contributed by atoms with E-state index in [1.807, 2.05) is 0 Å². The second kappa shape index (κ2) is 4.25. The van der Waals surface area contributed by atoms with Crippen molar-refractivity contribution in [3.8, 4) is 0 Å². The Morgan fingerprint density at radius 1 is 1.25 bits per heavy atom. The average Bonchev–Trinajstić information content (AvgIpc) is 2.97. The molecule has 0 amide bonds. The van der Waals surface area contributed by atoms with E-state index in [-0.39, 0.29) is 34.9 Å². The van der Waals surface area contributed by atoms with Crippen LogP contribution in [-0.2, 0) is 9.53 Å². The van der Waals surface area contributed by atoms with Crippen LogP contribution in [0, 0.1) is 34.0 Å². The van der Waals surface area contributed by atoms with Crippen LogP contribution in [0.5, 0.6) is 0 Å². The van der Waals surface area contributed by atoms with E-state index in [0.29, 0.717) is 24.8 Å². The highest BCUT2D eigenvalue weighted by atomic mass is 16.5. The maximum atomic E-state index is 12.2. The number of fused-ring (bicyclic) bond motifs is 1. The van der Waals surface area contributed by atoms with Gasteiger partial charge >= 0.3 is 5.97 Å². The first kappa shape index (κ1) is 16.8. The van der Waals surface area contributed by atoms with Crippen LogP contribution in [0.25, 0.3) is 0 Å². The molecule has 9 fully saturated rings.